The smallest absolute Gasteiger partial charge is 0.412 e. The molecule has 0 fully saturated rings. The maximum atomic E-state index is 12.0. The number of pyridine rings is 2. The Labute approximate surface area is 174 Å². The van der Waals surface area contributed by atoms with Crippen LogP contribution in [0.15, 0.2) is 55.0 Å². The number of nitrogens with zero attached hydrogens (tertiary/aromatic N) is 2. The van der Waals surface area contributed by atoms with Gasteiger partial charge in [0.1, 0.15) is 5.60 Å². The first-order valence-electron chi connectivity index (χ1n) is 9.61. The number of benzene rings is 1. The number of hydrogen-bond donors (Lipinski definition) is 2. The summed E-state index contributed by atoms with van der Waals surface area (Å²) >= 11 is 0. The van der Waals surface area contributed by atoms with Gasteiger partial charge in [-0.3, -0.25) is 20.1 Å². The van der Waals surface area contributed by atoms with Crippen molar-refractivity contribution in [1.82, 2.24) is 15.3 Å². The molecule has 3 heterocycles. The van der Waals surface area contributed by atoms with E-state index in [0.717, 1.165) is 33.5 Å². The topological polar surface area (TPSA) is 93.2 Å². The highest BCUT2D eigenvalue weighted by atomic mass is 16.6. The maximum absolute atomic E-state index is 12.0. The number of aromatic nitrogens is 2. The molecular weight excluding hydrogens is 380 g/mol. The minimum Gasteiger partial charge on any atom is -0.444 e. The summed E-state index contributed by atoms with van der Waals surface area (Å²) in [5, 5.41) is 5.51. The molecule has 0 radical (unpaired) electrons. The Morgan fingerprint density at radius 2 is 1.83 bits per heavy atom. The number of hydrogen-bond acceptors (Lipinski definition) is 5. The van der Waals surface area contributed by atoms with Crippen molar-refractivity contribution in [3.63, 3.8) is 0 Å². The fourth-order valence-electron chi connectivity index (χ4n) is 3.22. The van der Waals surface area contributed by atoms with E-state index < -0.39 is 11.7 Å². The number of nitrogens with one attached hydrogen (secondary N) is 2. The Balaban J connectivity index is 1.52. The van der Waals surface area contributed by atoms with Crippen LogP contribution in [0.3, 0.4) is 0 Å². The first-order chi connectivity index (χ1) is 14.3. The Kier molecular flexibility index (Phi) is 4.95. The lowest BCUT2D eigenvalue weighted by atomic mass is 10.0. The summed E-state index contributed by atoms with van der Waals surface area (Å²) in [4.78, 5) is 32.4. The minimum atomic E-state index is -0.576. The number of carbonyl (C=O) groups is 2. The molecule has 0 saturated carbocycles. The van der Waals surface area contributed by atoms with Crippen molar-refractivity contribution in [3.05, 3.63) is 66.1 Å². The van der Waals surface area contributed by atoms with Gasteiger partial charge in [0.15, 0.2) is 0 Å². The van der Waals surface area contributed by atoms with E-state index in [1.54, 1.807) is 24.7 Å². The molecule has 30 heavy (non-hydrogen) atoms. The second kappa shape index (κ2) is 7.59. The summed E-state index contributed by atoms with van der Waals surface area (Å²) in [6.07, 6.45) is 4.50. The van der Waals surface area contributed by atoms with E-state index >= 15 is 0 Å². The van der Waals surface area contributed by atoms with Crippen LogP contribution >= 0.6 is 0 Å². The molecule has 2 N–H and O–H groups in total. The van der Waals surface area contributed by atoms with Gasteiger partial charge < -0.3 is 10.1 Å². The SMILES string of the molecule is CC(C)(C)OC(=O)Nc1cncc(-c2ccc(-c3ccc4c(c3)CNC4=O)cn2)c1. The van der Waals surface area contributed by atoms with Gasteiger partial charge >= 0.3 is 6.09 Å². The van der Waals surface area contributed by atoms with Crippen molar-refractivity contribution in [1.29, 1.82) is 0 Å². The largest absolute Gasteiger partial charge is 0.444 e. The summed E-state index contributed by atoms with van der Waals surface area (Å²) in [5.74, 6) is -0.0302. The molecule has 2 aromatic heterocycles. The van der Waals surface area contributed by atoms with Gasteiger partial charge in [-0.05, 0) is 56.2 Å². The normalized spacial score (nSPS) is 12.8. The van der Waals surface area contributed by atoms with Gasteiger partial charge in [-0.1, -0.05) is 12.1 Å². The fourth-order valence-corrected chi connectivity index (χ4v) is 3.22. The molecule has 1 aliphatic rings. The predicted octanol–water partition coefficient (Wildman–Crippen LogP) is 4.40. The summed E-state index contributed by atoms with van der Waals surface area (Å²) in [6, 6.07) is 11.5. The van der Waals surface area contributed by atoms with E-state index in [1.807, 2.05) is 51.1 Å². The van der Waals surface area contributed by atoms with Crippen LogP contribution in [0.25, 0.3) is 22.4 Å². The number of anilines is 1. The fraction of sp³-hybridized carbons (Fsp3) is 0.217. The third kappa shape index (κ3) is 4.30. The van der Waals surface area contributed by atoms with Crippen molar-refractivity contribution in [2.45, 2.75) is 32.9 Å². The molecular formula is C23H22N4O3. The number of ether oxygens (including phenoxy) is 1. The summed E-state index contributed by atoms with van der Waals surface area (Å²) in [7, 11) is 0. The van der Waals surface area contributed by atoms with Gasteiger partial charge in [0.2, 0.25) is 0 Å². The average molecular weight is 402 g/mol. The predicted molar refractivity (Wildman–Crippen MR) is 114 cm³/mol. The lowest BCUT2D eigenvalue weighted by Gasteiger charge is -2.19. The maximum Gasteiger partial charge on any atom is 0.412 e. The molecule has 0 bridgehead atoms. The van der Waals surface area contributed by atoms with E-state index in [4.69, 9.17) is 4.74 Å². The summed E-state index contributed by atoms with van der Waals surface area (Å²) in [6.45, 7) is 5.98. The van der Waals surface area contributed by atoms with Crippen molar-refractivity contribution < 1.29 is 14.3 Å². The standard InChI is InChI=1S/C23H22N4O3/c1-23(2,3)30-22(29)27-18-9-17(10-24-13-18)20-7-5-15(11-25-20)14-4-6-19-16(8-14)12-26-21(19)28/h4-11,13H,12H2,1-3H3,(H,26,28)(H,27,29). The Bertz CT molecular complexity index is 1120. The van der Waals surface area contributed by atoms with Crippen molar-refractivity contribution in [2.24, 2.45) is 0 Å². The van der Waals surface area contributed by atoms with Crippen LogP contribution in [0, 0.1) is 0 Å². The molecule has 1 aromatic carbocycles. The molecule has 2 amide bonds. The van der Waals surface area contributed by atoms with E-state index in [2.05, 4.69) is 20.6 Å². The van der Waals surface area contributed by atoms with E-state index in [0.29, 0.717) is 12.2 Å². The molecule has 7 heteroatoms. The van der Waals surface area contributed by atoms with Crippen LogP contribution in [0.1, 0.15) is 36.7 Å². The molecule has 0 unspecified atom stereocenters. The van der Waals surface area contributed by atoms with Gasteiger partial charge in [-0.2, -0.15) is 0 Å². The van der Waals surface area contributed by atoms with E-state index in [9.17, 15) is 9.59 Å². The Hall–Kier alpha value is -3.74. The van der Waals surface area contributed by atoms with Gasteiger partial charge in [0.25, 0.3) is 5.91 Å². The molecule has 3 aromatic rings. The van der Waals surface area contributed by atoms with Crippen LogP contribution in [-0.4, -0.2) is 27.6 Å². The third-order valence-electron chi connectivity index (χ3n) is 4.57. The molecule has 152 valence electrons. The average Bonchev–Trinajstić information content (AvgIpc) is 3.07. The van der Waals surface area contributed by atoms with Gasteiger partial charge in [-0.25, -0.2) is 4.79 Å². The van der Waals surface area contributed by atoms with Crippen LogP contribution in [0.4, 0.5) is 10.5 Å². The van der Waals surface area contributed by atoms with Gasteiger partial charge in [0.05, 0.1) is 17.6 Å². The lowest BCUT2D eigenvalue weighted by molar-refractivity contribution is 0.0635. The second-order valence-electron chi connectivity index (χ2n) is 8.08. The Morgan fingerprint density at radius 1 is 1.03 bits per heavy atom. The van der Waals surface area contributed by atoms with Gasteiger partial charge in [0, 0.05) is 35.6 Å². The first kappa shape index (κ1) is 19.6. The highest BCUT2D eigenvalue weighted by Crippen LogP contribution is 2.27. The molecule has 0 aliphatic carbocycles. The monoisotopic (exact) mass is 402 g/mol. The summed E-state index contributed by atoms with van der Waals surface area (Å²) < 4.78 is 5.27. The van der Waals surface area contributed by atoms with Gasteiger partial charge in [-0.15, -0.1) is 0 Å². The molecule has 0 atom stereocenters. The minimum absolute atomic E-state index is 0.0302. The number of carbonyl (C=O) groups excluding carboxylic acids is 2. The van der Waals surface area contributed by atoms with E-state index in [-0.39, 0.29) is 5.91 Å². The van der Waals surface area contributed by atoms with Crippen LogP contribution in [0.5, 0.6) is 0 Å². The third-order valence-corrected chi connectivity index (χ3v) is 4.57. The first-order valence-corrected chi connectivity index (χ1v) is 9.61. The zero-order chi connectivity index (χ0) is 21.3. The number of rotatable bonds is 3. The Morgan fingerprint density at radius 3 is 2.57 bits per heavy atom. The molecule has 0 spiro atoms. The highest BCUT2D eigenvalue weighted by molar-refractivity contribution is 5.98. The molecule has 4 rings (SSSR count). The van der Waals surface area contributed by atoms with Crippen LogP contribution in [0.2, 0.25) is 0 Å². The van der Waals surface area contributed by atoms with Crippen LogP contribution in [-0.2, 0) is 11.3 Å². The number of amides is 2. The van der Waals surface area contributed by atoms with E-state index in [1.165, 1.54) is 0 Å². The second-order valence-corrected chi connectivity index (χ2v) is 8.08. The van der Waals surface area contributed by atoms with Crippen molar-refractivity contribution in [2.75, 3.05) is 5.32 Å². The number of fused-ring (bicyclic) bond motifs is 1. The molecule has 0 saturated heterocycles. The quantitative estimate of drug-likeness (QED) is 0.677. The lowest BCUT2D eigenvalue weighted by Crippen LogP contribution is -2.27. The molecule has 7 nitrogen and oxygen atoms in total. The van der Waals surface area contributed by atoms with Crippen LogP contribution < -0.4 is 10.6 Å². The summed E-state index contributed by atoms with van der Waals surface area (Å²) in [5.41, 5.74) is 5.14. The molecule has 1 aliphatic heterocycles. The van der Waals surface area contributed by atoms with Crippen molar-refractivity contribution in [3.8, 4) is 22.4 Å². The van der Waals surface area contributed by atoms with Crippen molar-refractivity contribution >= 4 is 17.7 Å². The zero-order valence-electron chi connectivity index (χ0n) is 17.0. The highest BCUT2D eigenvalue weighted by Gasteiger charge is 2.19. The zero-order valence-corrected chi connectivity index (χ0v) is 17.0.